The number of nitrogens with one attached hydrogen (secondary N) is 1. The molecule has 3 rings (SSSR count). The molecule has 0 spiro atoms. The lowest BCUT2D eigenvalue weighted by Crippen LogP contribution is -2.16. The van der Waals surface area contributed by atoms with Gasteiger partial charge in [-0.2, -0.15) is 0 Å². The van der Waals surface area contributed by atoms with E-state index in [2.05, 4.69) is 10.3 Å². The van der Waals surface area contributed by atoms with Crippen molar-refractivity contribution in [3.8, 4) is 0 Å². The van der Waals surface area contributed by atoms with E-state index < -0.39 is 0 Å². The first kappa shape index (κ1) is 14.6. The smallest absolute Gasteiger partial charge is 0.274 e. The Morgan fingerprint density at radius 3 is 2.86 bits per heavy atom. The molecule has 0 saturated carbocycles. The van der Waals surface area contributed by atoms with Gasteiger partial charge < -0.3 is 5.32 Å². The first-order valence-electron chi connectivity index (χ1n) is 7.13. The fourth-order valence-corrected chi connectivity index (χ4v) is 2.63. The Hall–Kier alpha value is -2.33. The summed E-state index contributed by atoms with van der Waals surface area (Å²) in [5.41, 5.74) is 3.86. The van der Waals surface area contributed by atoms with E-state index in [4.69, 9.17) is 11.6 Å². The summed E-state index contributed by atoms with van der Waals surface area (Å²) >= 11 is 6.05. The number of aromatic nitrogens is 2. The minimum absolute atomic E-state index is 0.183. The van der Waals surface area contributed by atoms with Crippen LogP contribution in [0.15, 0.2) is 42.6 Å². The molecule has 1 amide bonds. The van der Waals surface area contributed by atoms with E-state index >= 15 is 0 Å². The highest BCUT2D eigenvalue weighted by atomic mass is 35.5. The fraction of sp³-hybridized carbons (Fsp3) is 0.176. The van der Waals surface area contributed by atoms with Gasteiger partial charge in [-0.1, -0.05) is 30.7 Å². The monoisotopic (exact) mass is 313 g/mol. The lowest BCUT2D eigenvalue weighted by molar-refractivity contribution is 0.102. The quantitative estimate of drug-likeness (QED) is 0.791. The summed E-state index contributed by atoms with van der Waals surface area (Å²) < 4.78 is 1.74. The Balaban J connectivity index is 2.04. The van der Waals surface area contributed by atoms with Gasteiger partial charge in [0.05, 0.1) is 10.7 Å². The molecular formula is C17H16ClN3O. The molecule has 0 aliphatic heterocycles. The number of anilines is 1. The average molecular weight is 314 g/mol. The van der Waals surface area contributed by atoms with Crippen LogP contribution in [-0.4, -0.2) is 15.3 Å². The maximum Gasteiger partial charge on any atom is 0.274 e. The SMILES string of the molecule is CCc1nc2ccc(Cl)cn2c1C(=O)Nc1cccc(C)c1. The molecule has 22 heavy (non-hydrogen) atoms. The number of hydrogen-bond acceptors (Lipinski definition) is 2. The van der Waals surface area contributed by atoms with E-state index in [1.165, 1.54) is 0 Å². The Bertz CT molecular complexity index is 854. The molecule has 2 aromatic heterocycles. The molecule has 0 saturated heterocycles. The number of carbonyl (C=O) groups is 1. The highest BCUT2D eigenvalue weighted by Crippen LogP contribution is 2.19. The van der Waals surface area contributed by atoms with Crippen molar-refractivity contribution in [3.63, 3.8) is 0 Å². The second-order valence-corrected chi connectivity index (χ2v) is 5.60. The van der Waals surface area contributed by atoms with Crippen molar-refractivity contribution in [2.75, 3.05) is 5.32 Å². The summed E-state index contributed by atoms with van der Waals surface area (Å²) in [6, 6.07) is 11.3. The predicted molar refractivity (Wildman–Crippen MR) is 88.7 cm³/mol. The van der Waals surface area contributed by atoms with Crippen LogP contribution in [0.25, 0.3) is 5.65 Å². The second kappa shape index (κ2) is 5.81. The topological polar surface area (TPSA) is 46.4 Å². The van der Waals surface area contributed by atoms with Gasteiger partial charge in [-0.15, -0.1) is 0 Å². The number of amides is 1. The van der Waals surface area contributed by atoms with Crippen molar-refractivity contribution in [1.82, 2.24) is 9.38 Å². The molecule has 0 bridgehead atoms. The number of fused-ring (bicyclic) bond motifs is 1. The summed E-state index contributed by atoms with van der Waals surface area (Å²) in [4.78, 5) is 17.2. The molecule has 0 radical (unpaired) electrons. The van der Waals surface area contributed by atoms with E-state index in [1.807, 2.05) is 44.2 Å². The lowest BCUT2D eigenvalue weighted by atomic mass is 10.2. The maximum atomic E-state index is 12.7. The zero-order chi connectivity index (χ0) is 15.7. The van der Waals surface area contributed by atoms with Gasteiger partial charge in [0.25, 0.3) is 5.91 Å². The molecule has 3 aromatic rings. The van der Waals surface area contributed by atoms with Gasteiger partial charge >= 0.3 is 0 Å². The van der Waals surface area contributed by atoms with Crippen molar-refractivity contribution in [2.45, 2.75) is 20.3 Å². The van der Waals surface area contributed by atoms with Crippen LogP contribution in [0, 0.1) is 6.92 Å². The molecule has 0 unspecified atom stereocenters. The van der Waals surface area contributed by atoms with E-state index in [1.54, 1.807) is 16.7 Å². The number of imidazole rings is 1. The molecule has 0 aliphatic carbocycles. The number of rotatable bonds is 3. The normalized spacial score (nSPS) is 10.9. The molecule has 0 fully saturated rings. The van der Waals surface area contributed by atoms with Crippen LogP contribution < -0.4 is 5.32 Å². The fourth-order valence-electron chi connectivity index (χ4n) is 2.47. The highest BCUT2D eigenvalue weighted by molar-refractivity contribution is 6.30. The van der Waals surface area contributed by atoms with Crippen molar-refractivity contribution in [2.24, 2.45) is 0 Å². The summed E-state index contributed by atoms with van der Waals surface area (Å²) in [5, 5.41) is 3.50. The Morgan fingerprint density at radius 1 is 1.32 bits per heavy atom. The van der Waals surface area contributed by atoms with Crippen molar-refractivity contribution in [1.29, 1.82) is 0 Å². The lowest BCUT2D eigenvalue weighted by Gasteiger charge is -2.07. The summed E-state index contributed by atoms with van der Waals surface area (Å²) in [6.07, 6.45) is 2.39. The third-order valence-corrected chi connectivity index (χ3v) is 3.70. The zero-order valence-corrected chi connectivity index (χ0v) is 13.2. The average Bonchev–Trinajstić information content (AvgIpc) is 2.85. The van der Waals surface area contributed by atoms with Crippen LogP contribution in [-0.2, 0) is 6.42 Å². The van der Waals surface area contributed by atoms with Crippen LogP contribution in [0.5, 0.6) is 0 Å². The zero-order valence-electron chi connectivity index (χ0n) is 12.4. The van der Waals surface area contributed by atoms with E-state index in [-0.39, 0.29) is 5.91 Å². The van der Waals surface area contributed by atoms with E-state index in [0.717, 1.165) is 22.6 Å². The predicted octanol–water partition coefficient (Wildman–Crippen LogP) is 4.11. The Labute approximate surface area is 133 Å². The summed E-state index contributed by atoms with van der Waals surface area (Å²) in [7, 11) is 0. The molecule has 0 atom stereocenters. The van der Waals surface area contributed by atoms with Crippen LogP contribution in [0.3, 0.4) is 0 Å². The molecule has 0 aliphatic rings. The van der Waals surface area contributed by atoms with Crippen LogP contribution in [0.4, 0.5) is 5.69 Å². The standard InChI is InChI=1S/C17H16ClN3O/c1-3-14-16(21-10-12(18)7-8-15(21)20-14)17(22)19-13-6-4-5-11(2)9-13/h4-10H,3H2,1-2H3,(H,19,22). The maximum absolute atomic E-state index is 12.7. The minimum Gasteiger partial charge on any atom is -0.321 e. The van der Waals surface area contributed by atoms with Crippen molar-refractivity contribution in [3.05, 3.63) is 64.6 Å². The number of aryl methyl sites for hydroxylation is 2. The van der Waals surface area contributed by atoms with Gasteiger partial charge in [-0.05, 0) is 43.2 Å². The molecule has 4 nitrogen and oxygen atoms in total. The number of benzene rings is 1. The number of pyridine rings is 1. The molecule has 5 heteroatoms. The number of halogens is 1. The number of hydrogen-bond donors (Lipinski definition) is 1. The molecule has 2 heterocycles. The largest absolute Gasteiger partial charge is 0.321 e. The Morgan fingerprint density at radius 2 is 2.14 bits per heavy atom. The first-order chi connectivity index (χ1) is 10.6. The van der Waals surface area contributed by atoms with Crippen LogP contribution in [0.1, 0.15) is 28.7 Å². The molecular weight excluding hydrogens is 298 g/mol. The first-order valence-corrected chi connectivity index (χ1v) is 7.51. The van der Waals surface area contributed by atoms with Gasteiger partial charge in [0.1, 0.15) is 11.3 Å². The number of carbonyl (C=O) groups excluding carboxylic acids is 1. The minimum atomic E-state index is -0.183. The van der Waals surface area contributed by atoms with E-state index in [0.29, 0.717) is 17.1 Å². The Kier molecular flexibility index (Phi) is 3.86. The van der Waals surface area contributed by atoms with Crippen molar-refractivity contribution >= 4 is 28.8 Å². The molecule has 1 aromatic carbocycles. The summed E-state index contributed by atoms with van der Waals surface area (Å²) in [6.45, 7) is 3.97. The van der Waals surface area contributed by atoms with Gasteiger partial charge in [-0.3, -0.25) is 9.20 Å². The molecule has 1 N–H and O–H groups in total. The third-order valence-electron chi connectivity index (χ3n) is 3.48. The van der Waals surface area contributed by atoms with E-state index in [9.17, 15) is 4.79 Å². The van der Waals surface area contributed by atoms with Crippen LogP contribution in [0.2, 0.25) is 5.02 Å². The third kappa shape index (κ3) is 2.70. The van der Waals surface area contributed by atoms with Crippen molar-refractivity contribution < 1.29 is 4.79 Å². The van der Waals surface area contributed by atoms with Gasteiger partial charge in [-0.25, -0.2) is 4.98 Å². The molecule has 112 valence electrons. The van der Waals surface area contributed by atoms with Gasteiger partial charge in [0.2, 0.25) is 0 Å². The highest BCUT2D eigenvalue weighted by Gasteiger charge is 2.18. The van der Waals surface area contributed by atoms with Gasteiger partial charge in [0, 0.05) is 11.9 Å². The van der Waals surface area contributed by atoms with Gasteiger partial charge in [0.15, 0.2) is 0 Å². The number of nitrogens with zero attached hydrogens (tertiary/aromatic N) is 2. The second-order valence-electron chi connectivity index (χ2n) is 5.16. The summed E-state index contributed by atoms with van der Waals surface area (Å²) in [5.74, 6) is -0.183. The van der Waals surface area contributed by atoms with Crippen LogP contribution >= 0.6 is 11.6 Å².